The summed E-state index contributed by atoms with van der Waals surface area (Å²) in [6.07, 6.45) is -4.17. The molecule has 1 aromatic rings. The summed E-state index contributed by atoms with van der Waals surface area (Å²) in [6, 6.07) is 3.18. The van der Waals surface area contributed by atoms with E-state index in [0.717, 1.165) is 12.1 Å². The lowest BCUT2D eigenvalue weighted by atomic mass is 10.2. The van der Waals surface area contributed by atoms with Gasteiger partial charge in [-0.2, -0.15) is 13.2 Å². The second-order valence-corrected chi connectivity index (χ2v) is 3.78. The molecule has 1 rings (SSSR count). The minimum absolute atomic E-state index is 0.0614. The maximum atomic E-state index is 11.9. The van der Waals surface area contributed by atoms with Crippen LogP contribution >= 0.6 is 0 Å². The Kier molecular flexibility index (Phi) is 5.22. The Bertz CT molecular complexity index is 559. The Hall–Kier alpha value is -2.65. The lowest BCUT2D eigenvalue weighted by molar-refractivity contribution is -0.385. The molecule has 0 aromatic heterocycles. The van der Waals surface area contributed by atoms with E-state index < -0.39 is 35.8 Å². The molecule has 0 aliphatic rings. The van der Waals surface area contributed by atoms with Crippen LogP contribution < -0.4 is 10.1 Å². The van der Waals surface area contributed by atoms with Crippen LogP contribution in [0.4, 0.5) is 18.9 Å². The molecule has 0 saturated heterocycles. The average Bonchev–Trinajstić information content (AvgIpc) is 2.41. The van der Waals surface area contributed by atoms with Crippen molar-refractivity contribution in [3.63, 3.8) is 0 Å². The number of nitro groups is 1. The molecule has 0 saturated carbocycles. The van der Waals surface area contributed by atoms with Gasteiger partial charge in [0.25, 0.3) is 5.91 Å². The molecule has 0 heterocycles. The number of ether oxygens (including phenoxy) is 1. The number of nitrogens with zero attached hydrogens (tertiary/aromatic N) is 1. The highest BCUT2D eigenvalue weighted by atomic mass is 19.4. The zero-order valence-corrected chi connectivity index (χ0v) is 10.3. The highest BCUT2D eigenvalue weighted by molar-refractivity contribution is 5.79. The van der Waals surface area contributed by atoms with Crippen molar-refractivity contribution in [3.05, 3.63) is 33.9 Å². The summed E-state index contributed by atoms with van der Waals surface area (Å²) in [5.41, 5.74) is -0.449. The molecule has 0 aliphatic carbocycles. The number of nitrogens with one attached hydrogen (secondary N) is 1. The summed E-state index contributed by atoms with van der Waals surface area (Å²) in [5, 5.41) is 12.3. The third-order valence-electron chi connectivity index (χ3n) is 2.16. The van der Waals surface area contributed by atoms with E-state index in [9.17, 15) is 32.9 Å². The first-order chi connectivity index (χ1) is 9.73. The van der Waals surface area contributed by atoms with E-state index in [0.29, 0.717) is 6.29 Å². The minimum atomic E-state index is -4.57. The van der Waals surface area contributed by atoms with Crippen LogP contribution in [0.25, 0.3) is 0 Å². The van der Waals surface area contributed by atoms with Crippen molar-refractivity contribution in [2.24, 2.45) is 0 Å². The van der Waals surface area contributed by atoms with E-state index in [-0.39, 0.29) is 11.3 Å². The maximum absolute atomic E-state index is 11.9. The zero-order valence-electron chi connectivity index (χ0n) is 10.3. The summed E-state index contributed by atoms with van der Waals surface area (Å²) < 4.78 is 40.4. The van der Waals surface area contributed by atoms with E-state index in [1.807, 2.05) is 0 Å². The first-order valence-electron chi connectivity index (χ1n) is 5.43. The largest absolute Gasteiger partial charge is 0.477 e. The molecule has 0 radical (unpaired) electrons. The fraction of sp³-hybridized carbons (Fsp3) is 0.273. The lowest BCUT2D eigenvalue weighted by Gasteiger charge is -2.09. The average molecular weight is 306 g/mol. The Morgan fingerprint density at radius 2 is 2.10 bits per heavy atom. The Morgan fingerprint density at radius 3 is 2.62 bits per heavy atom. The number of carbonyl (C=O) groups excluding carboxylic acids is 2. The molecule has 0 spiro atoms. The summed E-state index contributed by atoms with van der Waals surface area (Å²) >= 11 is 0. The summed E-state index contributed by atoms with van der Waals surface area (Å²) in [4.78, 5) is 31.6. The molecular weight excluding hydrogens is 297 g/mol. The SMILES string of the molecule is O=Cc1ccc([N+](=O)[O-])c(OCC(=O)NCC(F)(F)F)c1. The second kappa shape index (κ2) is 6.68. The third-order valence-corrected chi connectivity index (χ3v) is 2.16. The van der Waals surface area contributed by atoms with Gasteiger partial charge in [0.15, 0.2) is 12.4 Å². The predicted molar refractivity (Wildman–Crippen MR) is 63.0 cm³/mol. The molecule has 10 heteroatoms. The highest BCUT2D eigenvalue weighted by Gasteiger charge is 2.27. The number of hydrogen-bond donors (Lipinski definition) is 1. The third kappa shape index (κ3) is 5.47. The zero-order chi connectivity index (χ0) is 16.0. The number of alkyl halides is 3. The molecule has 7 nitrogen and oxygen atoms in total. The molecule has 1 amide bonds. The van der Waals surface area contributed by atoms with Gasteiger partial charge in [-0.15, -0.1) is 0 Å². The van der Waals surface area contributed by atoms with Crippen LogP contribution in [0.5, 0.6) is 5.75 Å². The molecule has 114 valence electrons. The quantitative estimate of drug-likeness (QED) is 0.487. The molecular formula is C11H9F3N2O5. The molecule has 0 bridgehead atoms. The van der Waals surface area contributed by atoms with Gasteiger partial charge in [0.1, 0.15) is 12.8 Å². The van der Waals surface area contributed by atoms with Crippen LogP contribution in [0.2, 0.25) is 0 Å². The topological polar surface area (TPSA) is 98.5 Å². The van der Waals surface area contributed by atoms with Gasteiger partial charge in [0.05, 0.1) is 4.92 Å². The number of carbonyl (C=O) groups is 2. The maximum Gasteiger partial charge on any atom is 0.405 e. The van der Waals surface area contributed by atoms with Crippen molar-refractivity contribution >= 4 is 17.9 Å². The number of aldehydes is 1. The molecule has 0 unspecified atom stereocenters. The smallest absolute Gasteiger partial charge is 0.405 e. The fourth-order valence-corrected chi connectivity index (χ4v) is 1.26. The van der Waals surface area contributed by atoms with E-state index in [4.69, 9.17) is 4.74 Å². The van der Waals surface area contributed by atoms with Crippen LogP contribution in [-0.4, -0.2) is 36.4 Å². The number of amides is 1. The Balaban J connectivity index is 2.71. The van der Waals surface area contributed by atoms with Crippen molar-refractivity contribution in [3.8, 4) is 5.75 Å². The van der Waals surface area contributed by atoms with Crippen LogP contribution in [0, 0.1) is 10.1 Å². The van der Waals surface area contributed by atoms with E-state index in [1.165, 1.54) is 6.07 Å². The monoisotopic (exact) mass is 306 g/mol. The molecule has 0 atom stereocenters. The van der Waals surface area contributed by atoms with E-state index in [2.05, 4.69) is 0 Å². The van der Waals surface area contributed by atoms with Crippen LogP contribution in [-0.2, 0) is 4.79 Å². The number of halogens is 3. The minimum Gasteiger partial charge on any atom is -0.477 e. The van der Waals surface area contributed by atoms with Gasteiger partial charge in [0, 0.05) is 11.6 Å². The van der Waals surface area contributed by atoms with Crippen molar-refractivity contribution in [1.29, 1.82) is 0 Å². The lowest BCUT2D eigenvalue weighted by Crippen LogP contribution is -2.36. The van der Waals surface area contributed by atoms with Gasteiger partial charge in [-0.3, -0.25) is 19.7 Å². The summed E-state index contributed by atoms with van der Waals surface area (Å²) in [6.45, 7) is -2.38. The highest BCUT2D eigenvalue weighted by Crippen LogP contribution is 2.27. The standard InChI is InChI=1S/C11H9F3N2O5/c12-11(13,14)6-15-10(18)5-21-9-3-7(4-17)1-2-8(9)16(19)20/h1-4H,5-6H2,(H,15,18). The first-order valence-corrected chi connectivity index (χ1v) is 5.43. The van der Waals surface area contributed by atoms with Gasteiger partial charge in [-0.25, -0.2) is 0 Å². The van der Waals surface area contributed by atoms with Crippen molar-refractivity contribution in [2.75, 3.05) is 13.2 Å². The molecule has 1 aromatic carbocycles. The second-order valence-electron chi connectivity index (χ2n) is 3.78. The van der Waals surface area contributed by atoms with Crippen LogP contribution in [0.15, 0.2) is 18.2 Å². The van der Waals surface area contributed by atoms with Gasteiger partial charge >= 0.3 is 11.9 Å². The number of hydrogen-bond acceptors (Lipinski definition) is 5. The molecule has 21 heavy (non-hydrogen) atoms. The van der Waals surface area contributed by atoms with Gasteiger partial charge in [-0.05, 0) is 12.1 Å². The van der Waals surface area contributed by atoms with Crippen LogP contribution in [0.3, 0.4) is 0 Å². The number of benzene rings is 1. The van der Waals surface area contributed by atoms with Crippen molar-refractivity contribution < 1.29 is 32.4 Å². The van der Waals surface area contributed by atoms with Gasteiger partial charge in [-0.1, -0.05) is 0 Å². The molecule has 0 fully saturated rings. The van der Waals surface area contributed by atoms with Crippen molar-refractivity contribution in [1.82, 2.24) is 5.32 Å². The fourth-order valence-electron chi connectivity index (χ4n) is 1.26. The van der Waals surface area contributed by atoms with Crippen LogP contribution in [0.1, 0.15) is 10.4 Å². The number of nitro benzene ring substituents is 1. The molecule has 1 N–H and O–H groups in total. The normalized spacial score (nSPS) is 10.8. The van der Waals surface area contributed by atoms with E-state index >= 15 is 0 Å². The Labute approximate surface area is 115 Å². The van der Waals surface area contributed by atoms with E-state index in [1.54, 1.807) is 5.32 Å². The van der Waals surface area contributed by atoms with Gasteiger partial charge in [0.2, 0.25) is 0 Å². The summed E-state index contributed by atoms with van der Waals surface area (Å²) in [7, 11) is 0. The molecule has 0 aliphatic heterocycles. The predicted octanol–water partition coefficient (Wildman–Crippen LogP) is 1.46. The number of rotatable bonds is 6. The van der Waals surface area contributed by atoms with Gasteiger partial charge < -0.3 is 10.1 Å². The van der Waals surface area contributed by atoms with Crippen molar-refractivity contribution in [2.45, 2.75) is 6.18 Å². The first kappa shape index (κ1) is 16.4. The summed E-state index contributed by atoms with van der Waals surface area (Å²) in [5.74, 6) is -1.48. The Morgan fingerprint density at radius 1 is 1.43 bits per heavy atom.